The number of anilines is 1. The number of nitrogens with zero attached hydrogens (tertiary/aromatic N) is 2. The van der Waals surface area contributed by atoms with Crippen LogP contribution in [0.4, 0.5) is 5.82 Å². The van der Waals surface area contributed by atoms with Gasteiger partial charge in [0.1, 0.15) is 5.82 Å². The summed E-state index contributed by atoms with van der Waals surface area (Å²) in [5.41, 5.74) is 1.49. The standard InChI is InChI=1S/C15H14N4O3/c1-8-7-19(2)15(22)12-9(6-16-13(8)12)14(21)18-10-4-3-5-11(20)17-10/h3-7,16H,1-2H3,(H2,17,18,20,21). The fraction of sp³-hybridized carbons (Fsp3) is 0.133. The van der Waals surface area contributed by atoms with Crippen LogP contribution < -0.4 is 10.9 Å². The van der Waals surface area contributed by atoms with Crippen molar-refractivity contribution in [2.75, 3.05) is 5.32 Å². The highest BCUT2D eigenvalue weighted by molar-refractivity contribution is 6.12. The molecule has 0 aliphatic carbocycles. The molecule has 7 heteroatoms. The number of rotatable bonds is 2. The molecule has 0 fully saturated rings. The van der Waals surface area contributed by atoms with Gasteiger partial charge in [-0.25, -0.2) is 0 Å². The fourth-order valence-corrected chi connectivity index (χ4v) is 2.40. The maximum atomic E-state index is 12.4. The quantitative estimate of drug-likeness (QED) is 0.668. The largest absolute Gasteiger partial charge is 0.493 e. The van der Waals surface area contributed by atoms with Crippen molar-refractivity contribution in [2.24, 2.45) is 7.05 Å². The zero-order chi connectivity index (χ0) is 15.9. The molecule has 0 aliphatic rings. The van der Waals surface area contributed by atoms with E-state index < -0.39 is 5.91 Å². The molecular formula is C15H14N4O3. The van der Waals surface area contributed by atoms with Gasteiger partial charge in [-0.1, -0.05) is 6.07 Å². The molecule has 7 nitrogen and oxygen atoms in total. The fourth-order valence-electron chi connectivity index (χ4n) is 2.40. The smallest absolute Gasteiger partial charge is 0.260 e. The lowest BCUT2D eigenvalue weighted by molar-refractivity contribution is 0.102. The molecular weight excluding hydrogens is 284 g/mol. The van der Waals surface area contributed by atoms with Crippen LogP contribution >= 0.6 is 0 Å². The number of pyridine rings is 2. The number of aromatic nitrogens is 3. The van der Waals surface area contributed by atoms with Crippen LogP contribution in [-0.2, 0) is 7.05 Å². The van der Waals surface area contributed by atoms with E-state index in [0.29, 0.717) is 10.9 Å². The van der Waals surface area contributed by atoms with Gasteiger partial charge in [-0.2, -0.15) is 4.98 Å². The lowest BCUT2D eigenvalue weighted by Gasteiger charge is -2.05. The molecule has 0 spiro atoms. The SMILES string of the molecule is Cc1cn(C)c(=O)c2c(C(=O)Nc3cccc(O)n3)c[nH]c12. The van der Waals surface area contributed by atoms with Crippen LogP contribution in [0.25, 0.3) is 10.9 Å². The van der Waals surface area contributed by atoms with Crippen LogP contribution in [0.15, 0.2) is 35.4 Å². The Hall–Kier alpha value is -3.09. The van der Waals surface area contributed by atoms with Crippen molar-refractivity contribution in [3.63, 3.8) is 0 Å². The topological polar surface area (TPSA) is 100 Å². The second kappa shape index (κ2) is 5.03. The van der Waals surface area contributed by atoms with E-state index in [1.165, 1.54) is 16.8 Å². The number of nitrogens with one attached hydrogen (secondary N) is 2. The average molecular weight is 298 g/mol. The van der Waals surface area contributed by atoms with Gasteiger partial charge in [0.05, 0.1) is 16.5 Å². The summed E-state index contributed by atoms with van der Waals surface area (Å²) in [4.78, 5) is 31.4. The summed E-state index contributed by atoms with van der Waals surface area (Å²) >= 11 is 0. The molecule has 22 heavy (non-hydrogen) atoms. The Kier molecular flexibility index (Phi) is 3.17. The predicted octanol–water partition coefficient (Wildman–Crippen LogP) is 1.53. The van der Waals surface area contributed by atoms with Gasteiger partial charge >= 0.3 is 0 Å². The van der Waals surface area contributed by atoms with E-state index in [1.54, 1.807) is 25.4 Å². The molecule has 0 atom stereocenters. The van der Waals surface area contributed by atoms with E-state index in [1.807, 2.05) is 6.92 Å². The van der Waals surface area contributed by atoms with E-state index in [4.69, 9.17) is 0 Å². The van der Waals surface area contributed by atoms with Crippen LogP contribution in [0.1, 0.15) is 15.9 Å². The number of carbonyl (C=O) groups is 1. The van der Waals surface area contributed by atoms with Crippen molar-refractivity contribution >= 4 is 22.6 Å². The Morgan fingerprint density at radius 2 is 2.18 bits per heavy atom. The number of aromatic amines is 1. The summed E-state index contributed by atoms with van der Waals surface area (Å²) < 4.78 is 1.44. The summed E-state index contributed by atoms with van der Waals surface area (Å²) in [5, 5.41) is 12.2. The Labute approximate surface area is 125 Å². The van der Waals surface area contributed by atoms with Crippen molar-refractivity contribution < 1.29 is 9.90 Å². The Bertz CT molecular complexity index is 940. The van der Waals surface area contributed by atoms with Gasteiger partial charge in [0.15, 0.2) is 0 Å². The van der Waals surface area contributed by atoms with Crippen LogP contribution in [0.3, 0.4) is 0 Å². The zero-order valence-electron chi connectivity index (χ0n) is 12.0. The molecule has 112 valence electrons. The molecule has 0 aromatic carbocycles. The first-order chi connectivity index (χ1) is 10.5. The summed E-state index contributed by atoms with van der Waals surface area (Å²) in [7, 11) is 1.64. The van der Waals surface area contributed by atoms with Crippen molar-refractivity contribution in [3.05, 3.63) is 52.1 Å². The highest BCUT2D eigenvalue weighted by Crippen LogP contribution is 2.19. The molecule has 3 heterocycles. The number of H-pyrrole nitrogens is 1. The molecule has 1 amide bonds. The number of aromatic hydroxyl groups is 1. The molecule has 0 bridgehead atoms. The van der Waals surface area contributed by atoms with Gasteiger partial charge in [-0.05, 0) is 18.6 Å². The van der Waals surface area contributed by atoms with E-state index >= 15 is 0 Å². The normalized spacial score (nSPS) is 10.8. The van der Waals surface area contributed by atoms with Crippen LogP contribution in [0.2, 0.25) is 0 Å². The number of carbonyl (C=O) groups excluding carboxylic acids is 1. The second-order valence-corrected chi connectivity index (χ2v) is 5.02. The third-order valence-corrected chi connectivity index (χ3v) is 3.42. The number of hydrogen-bond acceptors (Lipinski definition) is 4. The van der Waals surface area contributed by atoms with Crippen molar-refractivity contribution in [1.82, 2.24) is 14.5 Å². The molecule has 0 saturated carbocycles. The third kappa shape index (κ3) is 2.22. The van der Waals surface area contributed by atoms with E-state index in [0.717, 1.165) is 5.56 Å². The Morgan fingerprint density at radius 3 is 2.91 bits per heavy atom. The molecule has 3 rings (SSSR count). The molecule has 3 N–H and O–H groups in total. The van der Waals surface area contributed by atoms with Gasteiger partial charge in [-0.15, -0.1) is 0 Å². The van der Waals surface area contributed by atoms with Crippen LogP contribution in [0, 0.1) is 6.92 Å². The first-order valence-electron chi connectivity index (χ1n) is 6.62. The number of hydrogen-bond donors (Lipinski definition) is 3. The lowest BCUT2D eigenvalue weighted by atomic mass is 10.1. The lowest BCUT2D eigenvalue weighted by Crippen LogP contribution is -2.20. The number of aryl methyl sites for hydroxylation is 2. The average Bonchev–Trinajstić information content (AvgIpc) is 2.90. The van der Waals surface area contributed by atoms with Gasteiger partial charge in [-0.3, -0.25) is 9.59 Å². The second-order valence-electron chi connectivity index (χ2n) is 5.02. The molecule has 0 unspecified atom stereocenters. The molecule has 3 aromatic heterocycles. The highest BCUT2D eigenvalue weighted by Gasteiger charge is 2.17. The van der Waals surface area contributed by atoms with E-state index in [-0.39, 0.29) is 22.8 Å². The van der Waals surface area contributed by atoms with Gasteiger partial charge < -0.3 is 20.0 Å². The van der Waals surface area contributed by atoms with Crippen LogP contribution in [0.5, 0.6) is 5.88 Å². The van der Waals surface area contributed by atoms with Crippen LogP contribution in [-0.4, -0.2) is 25.5 Å². The summed E-state index contributed by atoms with van der Waals surface area (Å²) in [5.74, 6) is -0.445. The summed E-state index contributed by atoms with van der Waals surface area (Å²) in [6.45, 7) is 1.86. The molecule has 0 aliphatic heterocycles. The van der Waals surface area contributed by atoms with Crippen molar-refractivity contribution in [2.45, 2.75) is 6.92 Å². The minimum atomic E-state index is -0.466. The maximum absolute atomic E-state index is 12.4. The van der Waals surface area contributed by atoms with Gasteiger partial charge in [0, 0.05) is 25.5 Å². The zero-order valence-corrected chi connectivity index (χ0v) is 12.0. The molecule has 0 saturated heterocycles. The molecule has 0 radical (unpaired) electrons. The monoisotopic (exact) mass is 298 g/mol. The summed E-state index contributed by atoms with van der Waals surface area (Å²) in [6, 6.07) is 4.52. The van der Waals surface area contributed by atoms with Crippen molar-refractivity contribution in [3.8, 4) is 5.88 Å². The maximum Gasteiger partial charge on any atom is 0.260 e. The third-order valence-electron chi connectivity index (χ3n) is 3.42. The number of fused-ring (bicyclic) bond motifs is 1. The first-order valence-corrected chi connectivity index (χ1v) is 6.62. The first kappa shape index (κ1) is 13.9. The van der Waals surface area contributed by atoms with E-state index in [9.17, 15) is 14.7 Å². The molecule has 3 aromatic rings. The van der Waals surface area contributed by atoms with Gasteiger partial charge in [0.2, 0.25) is 5.88 Å². The van der Waals surface area contributed by atoms with Crippen molar-refractivity contribution in [1.29, 1.82) is 0 Å². The number of amides is 1. The minimum Gasteiger partial charge on any atom is -0.493 e. The Morgan fingerprint density at radius 1 is 1.41 bits per heavy atom. The predicted molar refractivity (Wildman–Crippen MR) is 82.1 cm³/mol. The van der Waals surface area contributed by atoms with Gasteiger partial charge in [0.25, 0.3) is 11.5 Å². The Balaban J connectivity index is 2.07. The highest BCUT2D eigenvalue weighted by atomic mass is 16.3. The minimum absolute atomic E-state index is 0.191. The van der Waals surface area contributed by atoms with E-state index in [2.05, 4.69) is 15.3 Å². The summed E-state index contributed by atoms with van der Waals surface area (Å²) in [6.07, 6.45) is 3.21.